The molecule has 0 radical (unpaired) electrons. The fourth-order valence-electron chi connectivity index (χ4n) is 3.04. The van der Waals surface area contributed by atoms with Gasteiger partial charge in [0.05, 0.1) is 24.5 Å². The Bertz CT molecular complexity index is 679. The quantitative estimate of drug-likeness (QED) is 0.720. The molecule has 1 heterocycles. The summed E-state index contributed by atoms with van der Waals surface area (Å²) in [4.78, 5) is 2.03. The molecule has 0 aromatic heterocycles. The Hall–Kier alpha value is -0.730. The smallest absolute Gasteiger partial charge is 0.211 e. The molecule has 2 rings (SSSR count). The summed E-state index contributed by atoms with van der Waals surface area (Å²) in [6.07, 6.45) is 0.573. The Labute approximate surface area is 160 Å². The minimum Gasteiger partial charge on any atom is -0.376 e. The fraction of sp³-hybridized carbons (Fsp3) is 0.667. The molecule has 148 valence electrons. The van der Waals surface area contributed by atoms with Crippen molar-refractivity contribution in [2.45, 2.75) is 39.3 Å². The molecule has 1 fully saturated rings. The first-order chi connectivity index (χ1) is 12.2. The second-order valence-electron chi connectivity index (χ2n) is 7.18. The average molecular weight is 407 g/mol. The third-order valence-corrected chi connectivity index (χ3v) is 6.22. The summed E-state index contributed by atoms with van der Waals surface area (Å²) in [7, 11) is -3.43. The topological polar surface area (TPSA) is 58.6 Å². The number of hydrogen-bond donors (Lipinski definition) is 1. The number of sulfonamides is 1. The Morgan fingerprint density at radius 2 is 2.15 bits per heavy atom. The van der Waals surface area contributed by atoms with Crippen molar-refractivity contribution >= 4 is 21.6 Å². The van der Waals surface area contributed by atoms with Crippen molar-refractivity contribution in [2.24, 2.45) is 5.92 Å². The van der Waals surface area contributed by atoms with E-state index in [1.165, 1.54) is 6.07 Å². The van der Waals surface area contributed by atoms with E-state index >= 15 is 0 Å². The van der Waals surface area contributed by atoms with Gasteiger partial charge in [0.2, 0.25) is 10.0 Å². The number of morpholine rings is 1. The number of rotatable bonds is 8. The molecule has 1 saturated heterocycles. The van der Waals surface area contributed by atoms with Gasteiger partial charge in [-0.05, 0) is 31.4 Å². The van der Waals surface area contributed by atoms with Crippen LogP contribution in [-0.2, 0) is 14.8 Å². The van der Waals surface area contributed by atoms with Gasteiger partial charge in [-0.25, -0.2) is 17.5 Å². The summed E-state index contributed by atoms with van der Waals surface area (Å²) in [5, 5.41) is 0.301. The predicted octanol–water partition coefficient (Wildman–Crippen LogP) is 3.21. The van der Waals surface area contributed by atoms with Crippen LogP contribution in [0.5, 0.6) is 0 Å². The third kappa shape index (κ3) is 6.16. The minimum absolute atomic E-state index is 0.00523. The van der Waals surface area contributed by atoms with Crippen LogP contribution in [0.15, 0.2) is 18.2 Å². The molecule has 0 spiro atoms. The van der Waals surface area contributed by atoms with Crippen molar-refractivity contribution in [3.63, 3.8) is 0 Å². The van der Waals surface area contributed by atoms with Gasteiger partial charge >= 0.3 is 0 Å². The van der Waals surface area contributed by atoms with Crippen LogP contribution in [0, 0.1) is 11.7 Å². The van der Waals surface area contributed by atoms with Gasteiger partial charge in [0.15, 0.2) is 0 Å². The first kappa shape index (κ1) is 21.6. The van der Waals surface area contributed by atoms with Crippen molar-refractivity contribution < 1.29 is 17.5 Å². The van der Waals surface area contributed by atoms with Crippen molar-refractivity contribution in [2.75, 3.05) is 32.0 Å². The highest BCUT2D eigenvalue weighted by Gasteiger charge is 2.30. The molecular weight excluding hydrogens is 379 g/mol. The summed E-state index contributed by atoms with van der Waals surface area (Å²) in [6.45, 7) is 7.67. The van der Waals surface area contributed by atoms with Gasteiger partial charge in [0.25, 0.3) is 0 Å². The van der Waals surface area contributed by atoms with E-state index in [0.29, 0.717) is 42.6 Å². The molecule has 1 N–H and O–H groups in total. The predicted molar refractivity (Wildman–Crippen MR) is 102 cm³/mol. The normalized spacial score (nSPS) is 20.5. The Balaban J connectivity index is 2.21. The molecule has 0 aliphatic carbocycles. The fourth-order valence-corrected chi connectivity index (χ4v) is 4.67. The van der Waals surface area contributed by atoms with Gasteiger partial charge < -0.3 is 4.74 Å². The molecule has 2 atom stereocenters. The molecule has 1 aromatic rings. The van der Waals surface area contributed by atoms with Crippen LogP contribution in [0.1, 0.15) is 38.8 Å². The van der Waals surface area contributed by atoms with E-state index in [9.17, 15) is 12.8 Å². The molecule has 0 bridgehead atoms. The zero-order chi connectivity index (χ0) is 19.3. The molecule has 1 aromatic carbocycles. The average Bonchev–Trinajstić information content (AvgIpc) is 2.56. The number of nitrogens with zero attached hydrogens (tertiary/aromatic N) is 1. The third-order valence-electron chi connectivity index (χ3n) is 4.51. The number of ether oxygens (including phenoxy) is 1. The first-order valence-electron chi connectivity index (χ1n) is 8.96. The van der Waals surface area contributed by atoms with Crippen molar-refractivity contribution in [3.8, 4) is 0 Å². The molecule has 2 unspecified atom stereocenters. The lowest BCUT2D eigenvalue weighted by molar-refractivity contribution is -0.0342. The summed E-state index contributed by atoms with van der Waals surface area (Å²) in [6, 6.07) is 4.05. The second kappa shape index (κ2) is 9.46. The van der Waals surface area contributed by atoms with E-state index < -0.39 is 21.9 Å². The molecular formula is C18H28ClFN2O3S. The highest BCUT2D eigenvalue weighted by atomic mass is 35.5. The Morgan fingerprint density at radius 3 is 2.77 bits per heavy atom. The SMILES string of the molecule is CC(C)CCS(=O)(=O)NCC(c1c(F)cccc1Cl)N1CCOC(C)C1. The zero-order valence-electron chi connectivity index (χ0n) is 15.5. The van der Waals surface area contributed by atoms with E-state index in [-0.39, 0.29) is 18.4 Å². The summed E-state index contributed by atoms with van der Waals surface area (Å²) < 4.78 is 47.3. The molecule has 26 heavy (non-hydrogen) atoms. The van der Waals surface area contributed by atoms with Crippen molar-refractivity contribution in [1.82, 2.24) is 9.62 Å². The standard InChI is InChI=1S/C18H28ClFN2O3S/c1-13(2)7-10-26(23,24)21-11-17(22-8-9-25-14(3)12-22)18-15(19)5-4-6-16(18)20/h4-6,13-14,17,21H,7-12H2,1-3H3. The summed E-state index contributed by atoms with van der Waals surface area (Å²) >= 11 is 6.26. The maximum absolute atomic E-state index is 14.5. The monoisotopic (exact) mass is 406 g/mol. The van der Waals surface area contributed by atoms with E-state index in [2.05, 4.69) is 4.72 Å². The zero-order valence-corrected chi connectivity index (χ0v) is 17.1. The van der Waals surface area contributed by atoms with Crippen LogP contribution in [-0.4, -0.2) is 51.4 Å². The Kier molecular flexibility index (Phi) is 7.85. The van der Waals surface area contributed by atoms with E-state index in [4.69, 9.17) is 16.3 Å². The van der Waals surface area contributed by atoms with Crippen LogP contribution in [0.4, 0.5) is 4.39 Å². The molecule has 1 aliphatic heterocycles. The maximum atomic E-state index is 14.5. The number of hydrogen-bond acceptors (Lipinski definition) is 4. The van der Waals surface area contributed by atoms with Crippen LogP contribution in [0.25, 0.3) is 0 Å². The maximum Gasteiger partial charge on any atom is 0.211 e. The number of benzene rings is 1. The van der Waals surface area contributed by atoms with Crippen LogP contribution >= 0.6 is 11.6 Å². The van der Waals surface area contributed by atoms with Gasteiger partial charge in [0, 0.05) is 30.2 Å². The lowest BCUT2D eigenvalue weighted by Gasteiger charge is -2.38. The highest BCUT2D eigenvalue weighted by Crippen LogP contribution is 2.31. The molecule has 5 nitrogen and oxygen atoms in total. The van der Waals surface area contributed by atoms with Gasteiger partial charge in [-0.3, -0.25) is 4.90 Å². The summed E-state index contributed by atoms with van der Waals surface area (Å²) in [5.41, 5.74) is 0.329. The highest BCUT2D eigenvalue weighted by molar-refractivity contribution is 7.89. The van der Waals surface area contributed by atoms with E-state index in [1.807, 2.05) is 25.7 Å². The number of halogens is 2. The van der Waals surface area contributed by atoms with Gasteiger partial charge in [0.1, 0.15) is 5.82 Å². The van der Waals surface area contributed by atoms with Crippen LogP contribution < -0.4 is 4.72 Å². The Morgan fingerprint density at radius 1 is 1.42 bits per heavy atom. The first-order valence-corrected chi connectivity index (χ1v) is 11.0. The lowest BCUT2D eigenvalue weighted by Crippen LogP contribution is -2.47. The van der Waals surface area contributed by atoms with Crippen LogP contribution in [0.3, 0.4) is 0 Å². The van der Waals surface area contributed by atoms with Gasteiger partial charge in [-0.1, -0.05) is 31.5 Å². The molecule has 8 heteroatoms. The molecule has 0 saturated carbocycles. The van der Waals surface area contributed by atoms with Crippen molar-refractivity contribution in [1.29, 1.82) is 0 Å². The minimum atomic E-state index is -3.43. The summed E-state index contributed by atoms with van der Waals surface area (Å²) in [5.74, 6) is -0.0754. The van der Waals surface area contributed by atoms with Gasteiger partial charge in [-0.15, -0.1) is 0 Å². The van der Waals surface area contributed by atoms with Crippen molar-refractivity contribution in [3.05, 3.63) is 34.6 Å². The van der Waals surface area contributed by atoms with E-state index in [0.717, 1.165) is 0 Å². The molecule has 1 aliphatic rings. The number of nitrogens with one attached hydrogen (secondary N) is 1. The van der Waals surface area contributed by atoms with E-state index in [1.54, 1.807) is 12.1 Å². The largest absolute Gasteiger partial charge is 0.376 e. The molecule has 0 amide bonds. The second-order valence-corrected chi connectivity index (χ2v) is 9.51. The van der Waals surface area contributed by atoms with Gasteiger partial charge in [-0.2, -0.15) is 0 Å². The lowest BCUT2D eigenvalue weighted by atomic mass is 10.0. The van der Waals surface area contributed by atoms with Crippen LogP contribution in [0.2, 0.25) is 5.02 Å².